The van der Waals surface area contributed by atoms with Gasteiger partial charge in [0.15, 0.2) is 14.1 Å². The molecule has 4 heterocycles. The van der Waals surface area contributed by atoms with Crippen molar-refractivity contribution in [2.24, 2.45) is 7.05 Å². The zero-order chi connectivity index (χ0) is 31.1. The van der Waals surface area contributed by atoms with E-state index in [9.17, 15) is 0 Å². The number of hydrogen-bond acceptors (Lipinski definition) is 7. The predicted octanol–water partition coefficient (Wildman–Crippen LogP) is 7.49. The summed E-state index contributed by atoms with van der Waals surface area (Å²) in [5, 5.41) is 6.00. The highest BCUT2D eigenvalue weighted by atomic mass is 35.5. The molecule has 4 aromatic rings. The van der Waals surface area contributed by atoms with Gasteiger partial charge in [-0.2, -0.15) is 10.1 Å². The number of nitrogens with zero attached hydrogens (tertiary/aromatic N) is 5. The summed E-state index contributed by atoms with van der Waals surface area (Å²) >= 11 is 13.0. The van der Waals surface area contributed by atoms with Gasteiger partial charge in [0.05, 0.1) is 29.2 Å². The Morgan fingerprint density at radius 2 is 1.84 bits per heavy atom. The maximum absolute atomic E-state index is 6.60. The lowest BCUT2D eigenvalue weighted by Gasteiger charge is -2.36. The molecule has 2 fully saturated rings. The first-order valence-electron chi connectivity index (χ1n) is 14.7. The summed E-state index contributed by atoms with van der Waals surface area (Å²) in [6.07, 6.45) is 4.13. The van der Waals surface area contributed by atoms with Crippen LogP contribution in [0.5, 0.6) is 0 Å². The minimum atomic E-state index is -1.89. The van der Waals surface area contributed by atoms with Crippen molar-refractivity contribution in [2.45, 2.75) is 95.7 Å². The van der Waals surface area contributed by atoms with Gasteiger partial charge in [-0.05, 0) is 61.1 Å². The van der Waals surface area contributed by atoms with Crippen molar-refractivity contribution in [2.75, 3.05) is 5.73 Å². The van der Waals surface area contributed by atoms with Gasteiger partial charge in [0.1, 0.15) is 23.3 Å². The Labute approximate surface area is 263 Å². The Morgan fingerprint density at radius 3 is 2.51 bits per heavy atom. The molecule has 0 unspecified atom stereocenters. The van der Waals surface area contributed by atoms with Crippen LogP contribution in [0.2, 0.25) is 28.4 Å². The number of aromatic nitrogens is 5. The lowest BCUT2D eigenvalue weighted by Crippen LogP contribution is -2.40. The summed E-state index contributed by atoms with van der Waals surface area (Å²) in [5.74, 6) is -0.384. The third-order valence-electron chi connectivity index (χ3n) is 9.29. The predicted molar refractivity (Wildman–Crippen MR) is 173 cm³/mol. The number of aryl methyl sites for hydroxylation is 1. The molecule has 4 atom stereocenters. The van der Waals surface area contributed by atoms with Crippen LogP contribution >= 0.6 is 23.2 Å². The van der Waals surface area contributed by atoms with Gasteiger partial charge in [0.25, 0.3) is 0 Å². The van der Waals surface area contributed by atoms with Gasteiger partial charge in [-0.1, -0.05) is 56.6 Å². The summed E-state index contributed by atoms with van der Waals surface area (Å²) < 4.78 is 23.5. The van der Waals surface area contributed by atoms with E-state index in [1.54, 1.807) is 10.9 Å². The first kappa shape index (κ1) is 30.5. The fraction of sp³-hybridized carbons (Fsp3) is 0.516. The number of nitrogens with two attached hydrogens (primary N) is 1. The molecule has 43 heavy (non-hydrogen) atoms. The molecule has 6 rings (SSSR count). The number of anilines is 1. The Balaban J connectivity index is 1.40. The molecule has 2 N–H and O–H groups in total. The van der Waals surface area contributed by atoms with E-state index in [0.29, 0.717) is 28.4 Å². The molecule has 0 spiro atoms. The van der Waals surface area contributed by atoms with Gasteiger partial charge in [-0.3, -0.25) is 4.68 Å². The lowest BCUT2D eigenvalue weighted by molar-refractivity contribution is -0.157. The maximum atomic E-state index is 6.60. The SMILES string of the molecule is Cn1cc(Cl)c(-c2cn([C@@H]3C[C@H](c4cccc(CO[Si](C)(C)C(C)(C)C)c4)[C@H]4OC(C)(C)O[C@H]43)c3nc(Cl)nc(N)c23)n1. The van der Waals surface area contributed by atoms with Crippen LogP contribution in [0.1, 0.15) is 64.1 Å². The quantitative estimate of drug-likeness (QED) is 0.172. The Morgan fingerprint density at radius 1 is 1.12 bits per heavy atom. The van der Waals surface area contributed by atoms with E-state index in [0.717, 1.165) is 17.5 Å². The van der Waals surface area contributed by atoms with Crippen LogP contribution in [0.3, 0.4) is 0 Å². The molecule has 2 aliphatic rings. The molecule has 0 bridgehead atoms. The minimum Gasteiger partial charge on any atom is -0.413 e. The maximum Gasteiger partial charge on any atom is 0.226 e. The topological polar surface area (TPSA) is 102 Å². The van der Waals surface area contributed by atoms with Crippen molar-refractivity contribution in [3.63, 3.8) is 0 Å². The van der Waals surface area contributed by atoms with E-state index in [4.69, 9.17) is 42.8 Å². The van der Waals surface area contributed by atoms with E-state index in [1.807, 2.05) is 27.1 Å². The molecule has 12 heteroatoms. The monoisotopic (exact) mass is 642 g/mol. The van der Waals surface area contributed by atoms with Crippen LogP contribution in [-0.4, -0.2) is 50.6 Å². The number of fused-ring (bicyclic) bond motifs is 2. The molecule has 0 radical (unpaired) electrons. The number of rotatable bonds is 6. The smallest absolute Gasteiger partial charge is 0.226 e. The standard InChI is InChI=1S/C31H40Cl2N6O3Si/c1-30(2,3)43(7,8)40-16-17-10-9-11-18(12-17)19-13-22(26-25(19)41-31(4,5)42-26)39-14-20(24-21(32)15-38(6)37-24)23-27(34)35-29(33)36-28(23)39/h9-12,14-15,19,22,25-26H,13,16H2,1-8H3,(H2,34,35,36)/t19-,22-,25-,26+/m1/s1. The largest absolute Gasteiger partial charge is 0.413 e. The van der Waals surface area contributed by atoms with Crippen LogP contribution in [0.4, 0.5) is 5.82 Å². The normalized spacial score (nSPS) is 23.8. The molecule has 0 amide bonds. The van der Waals surface area contributed by atoms with E-state index >= 15 is 0 Å². The third kappa shape index (κ3) is 5.51. The first-order chi connectivity index (χ1) is 20.0. The van der Waals surface area contributed by atoms with E-state index in [1.165, 1.54) is 5.56 Å². The Bertz CT molecular complexity index is 1690. The van der Waals surface area contributed by atoms with Gasteiger partial charge in [0, 0.05) is 30.9 Å². The number of hydrogen-bond donors (Lipinski definition) is 1. The van der Waals surface area contributed by atoms with Crippen molar-refractivity contribution in [3.05, 3.63) is 58.1 Å². The average molecular weight is 644 g/mol. The molecule has 9 nitrogen and oxygen atoms in total. The fourth-order valence-corrected chi connectivity index (χ4v) is 7.58. The lowest BCUT2D eigenvalue weighted by atomic mass is 9.94. The van der Waals surface area contributed by atoms with E-state index in [-0.39, 0.29) is 40.3 Å². The molecular weight excluding hydrogens is 603 g/mol. The zero-order valence-electron chi connectivity index (χ0n) is 26.0. The number of halogens is 2. The second kappa shape index (κ2) is 10.6. The van der Waals surface area contributed by atoms with Gasteiger partial charge in [-0.15, -0.1) is 0 Å². The molecule has 1 aromatic carbocycles. The van der Waals surface area contributed by atoms with E-state index in [2.05, 4.69) is 77.8 Å². The summed E-state index contributed by atoms with van der Waals surface area (Å²) in [5.41, 5.74) is 10.8. The highest BCUT2D eigenvalue weighted by Crippen LogP contribution is 2.52. The van der Waals surface area contributed by atoms with Crippen molar-refractivity contribution in [3.8, 4) is 11.3 Å². The molecule has 1 aliphatic carbocycles. The molecule has 1 saturated carbocycles. The van der Waals surface area contributed by atoms with Crippen molar-refractivity contribution < 1.29 is 13.9 Å². The molecule has 1 aliphatic heterocycles. The van der Waals surface area contributed by atoms with E-state index < -0.39 is 14.1 Å². The Kier molecular flexibility index (Phi) is 7.50. The minimum absolute atomic E-state index is 0.0764. The summed E-state index contributed by atoms with van der Waals surface area (Å²) in [4.78, 5) is 8.90. The molecule has 230 valence electrons. The highest BCUT2D eigenvalue weighted by molar-refractivity contribution is 6.74. The number of nitrogen functional groups attached to an aromatic ring is 1. The van der Waals surface area contributed by atoms with Crippen molar-refractivity contribution in [1.82, 2.24) is 24.3 Å². The summed E-state index contributed by atoms with van der Waals surface area (Å²) in [7, 11) is -0.0649. The molecule has 1 saturated heterocycles. The van der Waals surface area contributed by atoms with Gasteiger partial charge in [0.2, 0.25) is 5.28 Å². The van der Waals surface area contributed by atoms with Gasteiger partial charge in [-0.25, -0.2) is 4.98 Å². The van der Waals surface area contributed by atoms with Crippen molar-refractivity contribution >= 4 is 48.4 Å². The third-order valence-corrected chi connectivity index (χ3v) is 14.2. The van der Waals surface area contributed by atoms with Gasteiger partial charge < -0.3 is 24.2 Å². The van der Waals surface area contributed by atoms with Crippen LogP contribution in [0.15, 0.2) is 36.7 Å². The number of ether oxygens (including phenoxy) is 2. The second-order valence-electron chi connectivity index (χ2n) is 13.8. The highest BCUT2D eigenvalue weighted by Gasteiger charge is 2.55. The van der Waals surface area contributed by atoms with Crippen LogP contribution in [-0.2, 0) is 27.6 Å². The molecule has 3 aromatic heterocycles. The fourth-order valence-electron chi connectivity index (χ4n) is 6.17. The van der Waals surface area contributed by atoms with Crippen LogP contribution in [0.25, 0.3) is 22.3 Å². The summed E-state index contributed by atoms with van der Waals surface area (Å²) in [6.45, 7) is 15.9. The summed E-state index contributed by atoms with van der Waals surface area (Å²) in [6, 6.07) is 8.57. The number of benzene rings is 1. The molecular formula is C31H40Cl2N6O3Si. The van der Waals surface area contributed by atoms with Crippen LogP contribution in [0, 0.1) is 0 Å². The Hall–Kier alpha value is -2.47. The van der Waals surface area contributed by atoms with Crippen molar-refractivity contribution in [1.29, 1.82) is 0 Å². The van der Waals surface area contributed by atoms with Crippen LogP contribution < -0.4 is 5.73 Å². The zero-order valence-corrected chi connectivity index (χ0v) is 28.5. The first-order valence-corrected chi connectivity index (χ1v) is 18.3. The second-order valence-corrected chi connectivity index (χ2v) is 19.3. The van der Waals surface area contributed by atoms with Gasteiger partial charge >= 0.3 is 0 Å². The average Bonchev–Trinajstić information content (AvgIpc) is 3.61.